The molecular formula is C20H27ClN2O3. The molecule has 0 bridgehead atoms. The minimum Gasteiger partial charge on any atom is -0.354 e. The van der Waals surface area contributed by atoms with Crippen LogP contribution >= 0.6 is 11.6 Å². The molecule has 3 rings (SSSR count). The fraction of sp³-hybridized carbons (Fsp3) is 0.600. The van der Waals surface area contributed by atoms with Crippen LogP contribution in [0.5, 0.6) is 0 Å². The molecule has 142 valence electrons. The summed E-state index contributed by atoms with van der Waals surface area (Å²) < 4.78 is 6.14. The topological polar surface area (TPSA) is 58.6 Å². The zero-order chi connectivity index (χ0) is 18.7. The van der Waals surface area contributed by atoms with Crippen LogP contribution < -0.4 is 5.32 Å². The molecule has 1 aromatic carbocycles. The highest BCUT2D eigenvalue weighted by atomic mass is 35.5. The molecule has 1 aliphatic heterocycles. The van der Waals surface area contributed by atoms with E-state index in [-0.39, 0.29) is 18.4 Å². The smallest absolute Gasteiger partial charge is 0.258 e. The number of halogens is 1. The summed E-state index contributed by atoms with van der Waals surface area (Å²) in [6.07, 6.45) is 4.31. The van der Waals surface area contributed by atoms with E-state index in [1.54, 1.807) is 29.2 Å². The molecule has 0 radical (unpaired) electrons. The molecule has 0 unspecified atom stereocenters. The van der Waals surface area contributed by atoms with Crippen LogP contribution in [0.2, 0.25) is 5.02 Å². The van der Waals surface area contributed by atoms with Gasteiger partial charge in [0, 0.05) is 6.54 Å². The molecule has 5 nitrogen and oxygen atoms in total. The van der Waals surface area contributed by atoms with E-state index in [1.807, 2.05) is 6.92 Å². The quantitative estimate of drug-likeness (QED) is 0.870. The van der Waals surface area contributed by atoms with Gasteiger partial charge in [-0.3, -0.25) is 14.5 Å². The monoisotopic (exact) mass is 378 g/mol. The molecule has 1 aromatic rings. The predicted octanol–water partition coefficient (Wildman–Crippen LogP) is 3.61. The van der Waals surface area contributed by atoms with E-state index in [2.05, 4.69) is 12.2 Å². The summed E-state index contributed by atoms with van der Waals surface area (Å²) in [4.78, 5) is 27.8. The summed E-state index contributed by atoms with van der Waals surface area (Å²) in [6, 6.07) is 6.39. The molecule has 2 amide bonds. The number of carbonyl (C=O) groups is 2. The SMILES string of the molecule is CCCNC(=O)[C@@H]1COC2(CCC(C)CC2)N1C(=O)c1ccccc1Cl. The fourth-order valence-corrected chi connectivity index (χ4v) is 4.13. The van der Waals surface area contributed by atoms with E-state index < -0.39 is 11.8 Å². The first-order valence-electron chi connectivity index (χ1n) is 9.48. The Labute approximate surface area is 160 Å². The lowest BCUT2D eigenvalue weighted by molar-refractivity contribution is -0.127. The van der Waals surface area contributed by atoms with Gasteiger partial charge in [-0.15, -0.1) is 0 Å². The number of nitrogens with one attached hydrogen (secondary N) is 1. The number of carbonyl (C=O) groups excluding carboxylic acids is 2. The number of ether oxygens (including phenoxy) is 1. The molecule has 1 heterocycles. The average Bonchev–Trinajstić information content (AvgIpc) is 3.01. The van der Waals surface area contributed by atoms with Gasteiger partial charge in [0.05, 0.1) is 17.2 Å². The lowest BCUT2D eigenvalue weighted by Crippen LogP contribution is -2.56. The first kappa shape index (κ1) is 19.2. The highest BCUT2D eigenvalue weighted by molar-refractivity contribution is 6.33. The summed E-state index contributed by atoms with van der Waals surface area (Å²) in [5, 5.41) is 3.31. The Bertz CT molecular complexity index is 671. The van der Waals surface area contributed by atoms with Gasteiger partial charge in [0.1, 0.15) is 11.8 Å². The van der Waals surface area contributed by atoms with Crippen LogP contribution in [0.4, 0.5) is 0 Å². The van der Waals surface area contributed by atoms with Crippen molar-refractivity contribution in [3.63, 3.8) is 0 Å². The van der Waals surface area contributed by atoms with Crippen LogP contribution in [-0.2, 0) is 9.53 Å². The second-order valence-corrected chi connectivity index (χ2v) is 7.81. The molecule has 1 spiro atoms. The summed E-state index contributed by atoms with van der Waals surface area (Å²) >= 11 is 6.27. The number of benzene rings is 1. The normalized spacial score (nSPS) is 28.3. The maximum atomic E-state index is 13.4. The van der Waals surface area contributed by atoms with Gasteiger partial charge in [0.25, 0.3) is 5.91 Å². The number of amides is 2. The molecular weight excluding hydrogens is 352 g/mol. The van der Waals surface area contributed by atoms with Gasteiger partial charge in [-0.2, -0.15) is 0 Å². The molecule has 2 fully saturated rings. The van der Waals surface area contributed by atoms with Crippen LogP contribution in [0, 0.1) is 5.92 Å². The number of hydrogen-bond acceptors (Lipinski definition) is 3. The predicted molar refractivity (Wildman–Crippen MR) is 101 cm³/mol. The minimum atomic E-state index is -0.697. The molecule has 1 atom stereocenters. The van der Waals surface area contributed by atoms with Crippen LogP contribution in [0.25, 0.3) is 0 Å². The summed E-state index contributed by atoms with van der Waals surface area (Å²) in [7, 11) is 0. The summed E-state index contributed by atoms with van der Waals surface area (Å²) in [5.41, 5.74) is -0.275. The van der Waals surface area contributed by atoms with E-state index in [0.717, 1.165) is 32.1 Å². The molecule has 2 aliphatic rings. The van der Waals surface area contributed by atoms with Crippen molar-refractivity contribution in [2.45, 2.75) is 57.7 Å². The van der Waals surface area contributed by atoms with E-state index in [1.165, 1.54) is 0 Å². The van der Waals surface area contributed by atoms with Crippen LogP contribution in [0.1, 0.15) is 56.3 Å². The minimum absolute atomic E-state index is 0.150. The van der Waals surface area contributed by atoms with Crippen molar-refractivity contribution < 1.29 is 14.3 Å². The second kappa shape index (κ2) is 7.97. The lowest BCUT2D eigenvalue weighted by atomic mass is 9.83. The Hall–Kier alpha value is -1.59. The van der Waals surface area contributed by atoms with E-state index in [4.69, 9.17) is 16.3 Å². The van der Waals surface area contributed by atoms with Gasteiger partial charge in [0.2, 0.25) is 5.91 Å². The first-order valence-corrected chi connectivity index (χ1v) is 9.86. The third-order valence-corrected chi connectivity index (χ3v) is 5.82. The van der Waals surface area contributed by atoms with E-state index in [0.29, 0.717) is 23.0 Å². The Balaban J connectivity index is 1.93. The Morgan fingerprint density at radius 2 is 2.00 bits per heavy atom. The van der Waals surface area contributed by atoms with Crippen LogP contribution in [0.15, 0.2) is 24.3 Å². The maximum absolute atomic E-state index is 13.4. The molecule has 1 N–H and O–H groups in total. The number of hydrogen-bond donors (Lipinski definition) is 1. The first-order chi connectivity index (χ1) is 12.5. The van der Waals surface area contributed by atoms with Crippen molar-refractivity contribution in [1.29, 1.82) is 0 Å². The largest absolute Gasteiger partial charge is 0.354 e. The second-order valence-electron chi connectivity index (χ2n) is 7.40. The third kappa shape index (κ3) is 3.60. The molecule has 1 aliphatic carbocycles. The number of rotatable bonds is 4. The van der Waals surface area contributed by atoms with Crippen molar-refractivity contribution in [3.8, 4) is 0 Å². The van der Waals surface area contributed by atoms with E-state index in [9.17, 15) is 9.59 Å². The van der Waals surface area contributed by atoms with Gasteiger partial charge >= 0.3 is 0 Å². The average molecular weight is 379 g/mol. The van der Waals surface area contributed by atoms with Crippen molar-refractivity contribution >= 4 is 23.4 Å². The summed E-state index contributed by atoms with van der Waals surface area (Å²) in [5.74, 6) is 0.233. The molecule has 26 heavy (non-hydrogen) atoms. The zero-order valence-electron chi connectivity index (χ0n) is 15.5. The molecule has 6 heteroatoms. The van der Waals surface area contributed by atoms with Crippen molar-refractivity contribution in [2.75, 3.05) is 13.2 Å². The van der Waals surface area contributed by atoms with Crippen LogP contribution in [0.3, 0.4) is 0 Å². The Morgan fingerprint density at radius 1 is 1.31 bits per heavy atom. The zero-order valence-corrected chi connectivity index (χ0v) is 16.2. The highest BCUT2D eigenvalue weighted by Gasteiger charge is 2.53. The van der Waals surface area contributed by atoms with Gasteiger partial charge in [-0.25, -0.2) is 0 Å². The van der Waals surface area contributed by atoms with Gasteiger partial charge in [-0.1, -0.05) is 37.6 Å². The maximum Gasteiger partial charge on any atom is 0.258 e. The number of nitrogens with zero attached hydrogens (tertiary/aromatic N) is 1. The van der Waals surface area contributed by atoms with Gasteiger partial charge in [-0.05, 0) is 50.2 Å². The van der Waals surface area contributed by atoms with E-state index >= 15 is 0 Å². The molecule has 0 aromatic heterocycles. The Morgan fingerprint density at radius 3 is 2.65 bits per heavy atom. The third-order valence-electron chi connectivity index (χ3n) is 5.49. The standard InChI is InChI=1S/C20H27ClN2O3/c1-3-12-22-18(24)17-13-26-20(10-8-14(2)9-11-20)23(17)19(25)15-6-4-5-7-16(15)21/h4-7,14,17H,3,8-13H2,1-2H3,(H,22,24)/t14?,17-,20?/m0/s1. The molecule has 1 saturated heterocycles. The fourth-order valence-electron chi connectivity index (χ4n) is 3.91. The van der Waals surface area contributed by atoms with Gasteiger partial charge in [0.15, 0.2) is 0 Å². The van der Waals surface area contributed by atoms with Gasteiger partial charge < -0.3 is 10.1 Å². The Kier molecular flexibility index (Phi) is 5.88. The van der Waals surface area contributed by atoms with Crippen LogP contribution in [-0.4, -0.2) is 41.6 Å². The van der Waals surface area contributed by atoms with Crippen molar-refractivity contribution in [3.05, 3.63) is 34.9 Å². The highest BCUT2D eigenvalue weighted by Crippen LogP contribution is 2.43. The molecule has 1 saturated carbocycles. The summed E-state index contributed by atoms with van der Waals surface area (Å²) in [6.45, 7) is 5.04. The van der Waals surface area contributed by atoms with Crippen molar-refractivity contribution in [1.82, 2.24) is 10.2 Å². The lowest BCUT2D eigenvalue weighted by Gasteiger charge is -2.43. The van der Waals surface area contributed by atoms with Crippen molar-refractivity contribution in [2.24, 2.45) is 5.92 Å².